The number of nitrogens with zero attached hydrogens (tertiary/aromatic N) is 2. The summed E-state index contributed by atoms with van der Waals surface area (Å²) in [6.07, 6.45) is 3.16. The van der Waals surface area contributed by atoms with Crippen molar-refractivity contribution in [2.45, 2.75) is 50.4 Å². The normalized spacial score (nSPS) is 19.2. The minimum Gasteiger partial charge on any atom is -0.299 e. The Labute approximate surface area is 137 Å². The van der Waals surface area contributed by atoms with Crippen LogP contribution in [0, 0.1) is 5.92 Å². The third-order valence-corrected chi connectivity index (χ3v) is 6.76. The molecule has 0 unspecified atom stereocenters. The highest BCUT2D eigenvalue weighted by Crippen LogP contribution is 2.36. The van der Waals surface area contributed by atoms with Crippen LogP contribution in [0.15, 0.2) is 9.95 Å². The second kappa shape index (κ2) is 5.81. The second-order valence-electron chi connectivity index (χ2n) is 6.16. The number of hydrogen-bond acceptors (Lipinski definition) is 5. The number of hydrogen-bond donors (Lipinski definition) is 0. The largest absolute Gasteiger partial charge is 0.299 e. The maximum atomic E-state index is 12.7. The number of carbonyl (C=O) groups excluding carboxylic acids is 1. The van der Waals surface area contributed by atoms with E-state index in [-0.39, 0.29) is 16.6 Å². The lowest BCUT2D eigenvalue weighted by molar-refractivity contribution is -0.116. The molecule has 1 aliphatic carbocycles. The molecule has 3 rings (SSSR count). The summed E-state index contributed by atoms with van der Waals surface area (Å²) in [4.78, 5) is 31.0. The molecular formula is C16H20N2O2S2. The summed E-state index contributed by atoms with van der Waals surface area (Å²) in [6.45, 7) is 5.68. The zero-order chi connectivity index (χ0) is 16.0. The fourth-order valence-corrected chi connectivity index (χ4v) is 5.10. The molecule has 0 spiro atoms. The summed E-state index contributed by atoms with van der Waals surface area (Å²) in [7, 11) is 1.75. The number of rotatable bonds is 3. The van der Waals surface area contributed by atoms with E-state index in [9.17, 15) is 9.59 Å². The first-order valence-electron chi connectivity index (χ1n) is 7.56. The monoisotopic (exact) mass is 336 g/mol. The summed E-state index contributed by atoms with van der Waals surface area (Å²) < 4.78 is 1.59. The van der Waals surface area contributed by atoms with Crippen LogP contribution in [0.1, 0.15) is 37.6 Å². The van der Waals surface area contributed by atoms with Gasteiger partial charge in [0.05, 0.1) is 10.6 Å². The summed E-state index contributed by atoms with van der Waals surface area (Å²) >= 11 is 3.02. The molecule has 0 radical (unpaired) electrons. The maximum Gasteiger partial charge on any atom is 0.262 e. The molecule has 0 aromatic carbocycles. The first kappa shape index (κ1) is 15.7. The van der Waals surface area contributed by atoms with Crippen LogP contribution in [-0.2, 0) is 24.7 Å². The van der Waals surface area contributed by atoms with Crippen LogP contribution in [0.2, 0.25) is 0 Å². The van der Waals surface area contributed by atoms with Gasteiger partial charge in [0.15, 0.2) is 5.16 Å². The Bertz CT molecular complexity index is 807. The molecule has 0 aliphatic heterocycles. The van der Waals surface area contributed by atoms with Crippen molar-refractivity contribution in [3.8, 4) is 0 Å². The molecule has 0 saturated heterocycles. The molecule has 2 heterocycles. The van der Waals surface area contributed by atoms with Gasteiger partial charge in [-0.3, -0.25) is 14.2 Å². The summed E-state index contributed by atoms with van der Waals surface area (Å²) in [5, 5.41) is 1.24. The third-order valence-electron chi connectivity index (χ3n) is 4.35. The van der Waals surface area contributed by atoms with Gasteiger partial charge in [-0.2, -0.15) is 0 Å². The zero-order valence-electron chi connectivity index (χ0n) is 13.3. The number of Topliss-reactive ketones (excluding diaryl/α,β-unsaturated/α-hetero) is 1. The maximum absolute atomic E-state index is 12.7. The Kier molecular flexibility index (Phi) is 4.16. The van der Waals surface area contributed by atoms with Crippen LogP contribution < -0.4 is 5.56 Å². The summed E-state index contributed by atoms with van der Waals surface area (Å²) in [6, 6.07) is 0. The fourth-order valence-electron chi connectivity index (χ4n) is 2.80. The third kappa shape index (κ3) is 2.63. The van der Waals surface area contributed by atoms with Crippen molar-refractivity contribution in [2.75, 3.05) is 0 Å². The number of ketones is 1. The van der Waals surface area contributed by atoms with E-state index in [1.54, 1.807) is 29.9 Å². The lowest BCUT2D eigenvalue weighted by Gasteiger charge is -2.17. The van der Waals surface area contributed by atoms with E-state index in [0.29, 0.717) is 11.1 Å². The molecule has 0 bridgehead atoms. The average Bonchev–Trinajstić information content (AvgIpc) is 2.81. The lowest BCUT2D eigenvalue weighted by atomic mass is 9.89. The van der Waals surface area contributed by atoms with Gasteiger partial charge in [-0.15, -0.1) is 11.3 Å². The molecule has 2 aromatic rings. The molecule has 2 atom stereocenters. The zero-order valence-corrected chi connectivity index (χ0v) is 14.9. The Morgan fingerprint density at radius 2 is 2.23 bits per heavy atom. The van der Waals surface area contributed by atoms with Gasteiger partial charge in [0, 0.05) is 11.9 Å². The molecule has 4 nitrogen and oxygen atoms in total. The average molecular weight is 336 g/mol. The molecule has 118 valence electrons. The summed E-state index contributed by atoms with van der Waals surface area (Å²) in [5.74, 6) is 0.773. The van der Waals surface area contributed by atoms with Gasteiger partial charge < -0.3 is 0 Å². The standard InChI is InChI=1S/C16H20N2O2S2/c1-8-5-6-11-12(7-8)22-14-13(11)15(20)18(4)16(17-14)21-10(3)9(2)19/h8,10H,5-7H2,1-4H3/t8-,10-/m1/s1. The van der Waals surface area contributed by atoms with Crippen molar-refractivity contribution >= 4 is 39.1 Å². The highest BCUT2D eigenvalue weighted by molar-refractivity contribution is 8.00. The highest BCUT2D eigenvalue weighted by Gasteiger charge is 2.24. The van der Waals surface area contributed by atoms with Crippen LogP contribution in [0.3, 0.4) is 0 Å². The van der Waals surface area contributed by atoms with Crippen molar-refractivity contribution in [1.29, 1.82) is 0 Å². The minimum atomic E-state index is -0.190. The van der Waals surface area contributed by atoms with Gasteiger partial charge in [-0.1, -0.05) is 18.7 Å². The van der Waals surface area contributed by atoms with E-state index in [1.165, 1.54) is 22.2 Å². The van der Waals surface area contributed by atoms with Crippen LogP contribution in [-0.4, -0.2) is 20.6 Å². The Balaban J connectivity index is 2.13. The lowest BCUT2D eigenvalue weighted by Crippen LogP contribution is -2.22. The van der Waals surface area contributed by atoms with E-state index in [2.05, 4.69) is 11.9 Å². The van der Waals surface area contributed by atoms with Crippen molar-refractivity contribution in [3.63, 3.8) is 0 Å². The van der Waals surface area contributed by atoms with Gasteiger partial charge >= 0.3 is 0 Å². The van der Waals surface area contributed by atoms with Crippen LogP contribution in [0.4, 0.5) is 0 Å². The molecule has 0 saturated carbocycles. The van der Waals surface area contributed by atoms with Crippen LogP contribution >= 0.6 is 23.1 Å². The number of thioether (sulfide) groups is 1. The quantitative estimate of drug-likeness (QED) is 0.638. The van der Waals surface area contributed by atoms with Crippen LogP contribution in [0.25, 0.3) is 10.2 Å². The van der Waals surface area contributed by atoms with Crippen molar-refractivity contribution < 1.29 is 4.79 Å². The van der Waals surface area contributed by atoms with Gasteiger partial charge in [-0.05, 0) is 44.6 Å². The van der Waals surface area contributed by atoms with E-state index < -0.39 is 0 Å². The van der Waals surface area contributed by atoms with Crippen molar-refractivity contribution in [3.05, 3.63) is 20.8 Å². The number of thiophene rings is 1. The molecule has 2 aromatic heterocycles. The van der Waals surface area contributed by atoms with Gasteiger partial charge in [0.1, 0.15) is 10.6 Å². The predicted octanol–water partition coefficient (Wildman–Crippen LogP) is 3.19. The van der Waals surface area contributed by atoms with E-state index in [4.69, 9.17) is 0 Å². The van der Waals surface area contributed by atoms with Gasteiger partial charge in [0.2, 0.25) is 0 Å². The van der Waals surface area contributed by atoms with Crippen LogP contribution in [0.5, 0.6) is 0 Å². The highest BCUT2D eigenvalue weighted by atomic mass is 32.2. The predicted molar refractivity (Wildman–Crippen MR) is 92.1 cm³/mol. The van der Waals surface area contributed by atoms with E-state index >= 15 is 0 Å². The molecule has 1 aliphatic rings. The van der Waals surface area contributed by atoms with Gasteiger partial charge in [-0.25, -0.2) is 4.98 Å². The first-order chi connectivity index (χ1) is 10.4. The Hall–Kier alpha value is -1.14. The molecule has 0 amide bonds. The SMILES string of the molecule is CC(=O)[C@@H](C)Sc1nc2sc3c(c2c(=O)n1C)CC[C@@H](C)C3. The van der Waals surface area contributed by atoms with Crippen molar-refractivity contribution in [1.82, 2.24) is 9.55 Å². The molecule has 22 heavy (non-hydrogen) atoms. The molecule has 6 heteroatoms. The Morgan fingerprint density at radius 3 is 2.91 bits per heavy atom. The molecule has 0 fully saturated rings. The molecule has 0 N–H and O–H groups in total. The second-order valence-corrected chi connectivity index (χ2v) is 8.55. The van der Waals surface area contributed by atoms with E-state index in [0.717, 1.165) is 29.5 Å². The van der Waals surface area contributed by atoms with E-state index in [1.807, 2.05) is 6.92 Å². The number of aromatic nitrogens is 2. The fraction of sp³-hybridized carbons (Fsp3) is 0.562. The molecular weight excluding hydrogens is 316 g/mol. The number of carbonyl (C=O) groups is 1. The first-order valence-corrected chi connectivity index (χ1v) is 9.26. The number of fused-ring (bicyclic) bond motifs is 3. The van der Waals surface area contributed by atoms with Gasteiger partial charge in [0.25, 0.3) is 5.56 Å². The topological polar surface area (TPSA) is 52.0 Å². The smallest absolute Gasteiger partial charge is 0.262 e. The van der Waals surface area contributed by atoms with Crippen molar-refractivity contribution in [2.24, 2.45) is 13.0 Å². The number of aryl methyl sites for hydroxylation is 1. The minimum absolute atomic E-state index is 0.0234. The Morgan fingerprint density at radius 1 is 1.50 bits per heavy atom. The summed E-state index contributed by atoms with van der Waals surface area (Å²) in [5.41, 5.74) is 1.23.